The van der Waals surface area contributed by atoms with Crippen LogP contribution in [0.2, 0.25) is 0 Å². The number of nitrogens with zero attached hydrogens (tertiary/aromatic N) is 1. The second-order valence-electron chi connectivity index (χ2n) is 11.8. The second kappa shape index (κ2) is 14.9. The van der Waals surface area contributed by atoms with Crippen LogP contribution in [-0.4, -0.2) is 41.0 Å². The Bertz CT molecular complexity index is 1150. The summed E-state index contributed by atoms with van der Waals surface area (Å²) in [5.41, 5.74) is 4.72. The summed E-state index contributed by atoms with van der Waals surface area (Å²) in [5.74, 6) is -0.610. The molecule has 220 valence electrons. The highest BCUT2D eigenvalue weighted by Gasteiger charge is 2.35. The first kappa shape index (κ1) is 32.9. The van der Waals surface area contributed by atoms with E-state index in [1.165, 1.54) is 0 Å². The number of hydrogen-bond acceptors (Lipinski definition) is 4. The van der Waals surface area contributed by atoms with Crippen LogP contribution < -0.4 is 10.6 Å². The highest BCUT2D eigenvalue weighted by atomic mass is 16.6. The van der Waals surface area contributed by atoms with Gasteiger partial charge in [0.2, 0.25) is 5.91 Å². The van der Waals surface area contributed by atoms with Crippen LogP contribution in [0.3, 0.4) is 0 Å². The fourth-order valence-electron chi connectivity index (χ4n) is 4.77. The molecule has 0 spiro atoms. The van der Waals surface area contributed by atoms with Crippen molar-refractivity contribution in [3.8, 4) is 0 Å². The third kappa shape index (κ3) is 9.39. The van der Waals surface area contributed by atoms with Gasteiger partial charge in [-0.2, -0.15) is 0 Å². The van der Waals surface area contributed by atoms with E-state index in [-0.39, 0.29) is 11.8 Å². The maximum atomic E-state index is 14.2. The predicted molar refractivity (Wildman–Crippen MR) is 163 cm³/mol. The molecule has 2 rings (SSSR count). The zero-order chi connectivity index (χ0) is 30.0. The molecule has 2 atom stereocenters. The van der Waals surface area contributed by atoms with Crippen molar-refractivity contribution in [2.45, 2.75) is 112 Å². The quantitative estimate of drug-likeness (QED) is 0.271. The second-order valence-corrected chi connectivity index (χ2v) is 11.8. The average molecular weight is 552 g/mol. The van der Waals surface area contributed by atoms with E-state index in [9.17, 15) is 14.4 Å². The Morgan fingerprint density at radius 1 is 0.875 bits per heavy atom. The van der Waals surface area contributed by atoms with Crippen molar-refractivity contribution >= 4 is 23.6 Å². The molecule has 2 N–H and O–H groups in total. The van der Waals surface area contributed by atoms with E-state index in [1.807, 2.05) is 64.1 Å². The Balaban J connectivity index is 2.52. The van der Waals surface area contributed by atoms with Crippen LogP contribution in [0, 0.1) is 27.7 Å². The van der Waals surface area contributed by atoms with Gasteiger partial charge >= 0.3 is 6.09 Å². The number of carbonyl (C=O) groups excluding carboxylic acids is 3. The molecule has 3 amide bonds. The van der Waals surface area contributed by atoms with Crippen LogP contribution in [0.4, 0.5) is 10.5 Å². The fourth-order valence-corrected chi connectivity index (χ4v) is 4.77. The van der Waals surface area contributed by atoms with Gasteiger partial charge < -0.3 is 20.3 Å². The molecule has 0 aliphatic rings. The summed E-state index contributed by atoms with van der Waals surface area (Å²) < 4.78 is 5.40. The largest absolute Gasteiger partial charge is 0.444 e. The van der Waals surface area contributed by atoms with Gasteiger partial charge in [-0.25, -0.2) is 4.79 Å². The molecule has 0 bridgehead atoms. The van der Waals surface area contributed by atoms with Gasteiger partial charge in [0.05, 0.1) is 0 Å². The van der Waals surface area contributed by atoms with Crippen molar-refractivity contribution in [1.82, 2.24) is 10.2 Å². The number of benzene rings is 2. The molecule has 0 aromatic heterocycles. The third-order valence-corrected chi connectivity index (χ3v) is 7.12. The lowest BCUT2D eigenvalue weighted by atomic mass is 9.94. The third-order valence-electron chi connectivity index (χ3n) is 7.12. The SMILES string of the molecule is CCCCCCCN(C(=O)C(C)NC(=O)OC(C)(C)C)C(C(=O)Nc1c(C)cccc1C)c1cccc(C)c1C. The molecule has 0 heterocycles. The van der Waals surface area contributed by atoms with Gasteiger partial charge in [0.25, 0.3) is 5.91 Å². The van der Waals surface area contributed by atoms with Gasteiger partial charge in [0, 0.05) is 12.2 Å². The molecule has 7 heteroatoms. The van der Waals surface area contributed by atoms with Crippen molar-refractivity contribution in [3.05, 3.63) is 64.2 Å². The summed E-state index contributed by atoms with van der Waals surface area (Å²) >= 11 is 0. The van der Waals surface area contributed by atoms with E-state index < -0.39 is 23.8 Å². The van der Waals surface area contributed by atoms with Crippen LogP contribution in [0.1, 0.15) is 101 Å². The molecule has 0 saturated carbocycles. The van der Waals surface area contributed by atoms with E-state index in [4.69, 9.17) is 4.74 Å². The number of hydrogen-bond donors (Lipinski definition) is 2. The van der Waals surface area contributed by atoms with Gasteiger partial charge in [-0.3, -0.25) is 9.59 Å². The Kier molecular flexibility index (Phi) is 12.2. The zero-order valence-electron chi connectivity index (χ0n) is 25.9. The monoisotopic (exact) mass is 551 g/mol. The van der Waals surface area contributed by atoms with Crippen molar-refractivity contribution in [2.24, 2.45) is 0 Å². The molecular weight excluding hydrogens is 502 g/mol. The summed E-state index contributed by atoms with van der Waals surface area (Å²) in [7, 11) is 0. The number of nitrogens with one attached hydrogen (secondary N) is 2. The Morgan fingerprint density at radius 3 is 2.05 bits per heavy atom. The van der Waals surface area contributed by atoms with E-state index in [2.05, 4.69) is 17.6 Å². The molecule has 2 aromatic carbocycles. The lowest BCUT2D eigenvalue weighted by Gasteiger charge is -2.35. The van der Waals surface area contributed by atoms with Crippen molar-refractivity contribution < 1.29 is 19.1 Å². The molecule has 0 aliphatic heterocycles. The minimum absolute atomic E-state index is 0.280. The molecule has 2 aromatic rings. The smallest absolute Gasteiger partial charge is 0.408 e. The first-order chi connectivity index (χ1) is 18.8. The molecule has 7 nitrogen and oxygen atoms in total. The topological polar surface area (TPSA) is 87.7 Å². The Morgan fingerprint density at radius 2 is 1.45 bits per heavy atom. The summed E-state index contributed by atoms with van der Waals surface area (Å²) in [5, 5.41) is 5.82. The first-order valence-electron chi connectivity index (χ1n) is 14.5. The Hall–Kier alpha value is -3.35. The summed E-state index contributed by atoms with van der Waals surface area (Å²) in [6, 6.07) is 9.95. The predicted octanol–water partition coefficient (Wildman–Crippen LogP) is 7.31. The van der Waals surface area contributed by atoms with E-state index >= 15 is 0 Å². The van der Waals surface area contributed by atoms with Crippen molar-refractivity contribution in [1.29, 1.82) is 0 Å². The summed E-state index contributed by atoms with van der Waals surface area (Å²) in [6.07, 6.45) is 4.33. The average Bonchev–Trinajstić information content (AvgIpc) is 2.86. The molecule has 40 heavy (non-hydrogen) atoms. The highest BCUT2D eigenvalue weighted by molar-refractivity contribution is 6.00. The highest BCUT2D eigenvalue weighted by Crippen LogP contribution is 2.30. The van der Waals surface area contributed by atoms with E-state index in [0.717, 1.165) is 65.6 Å². The lowest BCUT2D eigenvalue weighted by molar-refractivity contribution is -0.140. The molecule has 0 radical (unpaired) electrons. The molecule has 2 unspecified atom stereocenters. The van der Waals surface area contributed by atoms with Crippen LogP contribution in [0.25, 0.3) is 0 Å². The minimum atomic E-state index is -0.883. The van der Waals surface area contributed by atoms with Crippen LogP contribution >= 0.6 is 0 Å². The molecule has 0 saturated heterocycles. The Labute approximate surface area is 241 Å². The minimum Gasteiger partial charge on any atom is -0.444 e. The summed E-state index contributed by atoms with van der Waals surface area (Å²) in [4.78, 5) is 42.4. The van der Waals surface area contributed by atoms with Gasteiger partial charge in [-0.15, -0.1) is 0 Å². The number of para-hydroxylation sites is 1. The van der Waals surface area contributed by atoms with Gasteiger partial charge in [0.15, 0.2) is 0 Å². The molecule has 0 aliphatic carbocycles. The molecule has 0 fully saturated rings. The van der Waals surface area contributed by atoms with Crippen LogP contribution in [0.5, 0.6) is 0 Å². The number of aryl methyl sites for hydroxylation is 3. The first-order valence-corrected chi connectivity index (χ1v) is 14.5. The van der Waals surface area contributed by atoms with Crippen LogP contribution in [-0.2, 0) is 14.3 Å². The van der Waals surface area contributed by atoms with Crippen molar-refractivity contribution in [3.63, 3.8) is 0 Å². The number of rotatable bonds is 12. The standard InChI is InChI=1S/C33H49N3O4/c1-10-11-12-13-14-21-36(31(38)26(6)34-32(39)40-33(7,8)9)29(27-20-16-17-22(2)25(27)5)30(37)35-28-23(3)18-15-19-24(28)4/h15-20,26,29H,10-14,21H2,1-9H3,(H,34,39)(H,35,37). The number of unbranched alkanes of at least 4 members (excludes halogenated alkanes) is 4. The van der Waals surface area contributed by atoms with E-state index in [0.29, 0.717) is 6.54 Å². The summed E-state index contributed by atoms with van der Waals surface area (Å²) in [6.45, 7) is 17.4. The van der Waals surface area contributed by atoms with E-state index in [1.54, 1.807) is 32.6 Å². The normalized spacial score (nSPS) is 12.8. The van der Waals surface area contributed by atoms with Crippen LogP contribution in [0.15, 0.2) is 36.4 Å². The number of amides is 3. The van der Waals surface area contributed by atoms with Gasteiger partial charge in [0.1, 0.15) is 17.7 Å². The van der Waals surface area contributed by atoms with Crippen molar-refractivity contribution in [2.75, 3.05) is 11.9 Å². The maximum absolute atomic E-state index is 14.2. The number of anilines is 1. The van der Waals surface area contributed by atoms with Gasteiger partial charge in [-0.05, 0) is 89.6 Å². The zero-order valence-corrected chi connectivity index (χ0v) is 25.9. The number of ether oxygens (including phenoxy) is 1. The van der Waals surface area contributed by atoms with Gasteiger partial charge in [-0.1, -0.05) is 69.0 Å². The maximum Gasteiger partial charge on any atom is 0.408 e. The number of carbonyl (C=O) groups is 3. The number of alkyl carbamates (subject to hydrolysis) is 1. The molecular formula is C33H49N3O4. The lowest BCUT2D eigenvalue weighted by Crippen LogP contribution is -2.51. The fraction of sp³-hybridized carbons (Fsp3) is 0.545.